The van der Waals surface area contributed by atoms with Crippen LogP contribution in [0.25, 0.3) is 0 Å². The molecule has 0 fully saturated rings. The molecule has 0 aromatic carbocycles. The highest BCUT2D eigenvalue weighted by atomic mass is 35.5. The van der Waals surface area contributed by atoms with Gasteiger partial charge < -0.3 is 0 Å². The zero-order valence-electron chi connectivity index (χ0n) is 4.62. The van der Waals surface area contributed by atoms with Gasteiger partial charge in [0.25, 0.3) is 5.56 Å². The molecule has 1 aromatic rings. The first kappa shape index (κ1) is 7.01. The first-order chi connectivity index (χ1) is 4.63. The van der Waals surface area contributed by atoms with E-state index in [1.807, 2.05) is 0 Å². The second-order valence-electron chi connectivity index (χ2n) is 1.53. The smallest absolute Gasteiger partial charge is 0.268 e. The maximum Gasteiger partial charge on any atom is 0.374 e. The van der Waals surface area contributed by atoms with E-state index in [1.54, 1.807) is 0 Å². The molecular weight excluding hydrogens is 163 g/mol. The van der Waals surface area contributed by atoms with E-state index in [1.165, 1.54) is 0 Å². The molecule has 0 radical (unpaired) electrons. The maximum atomic E-state index is 12.1. The van der Waals surface area contributed by atoms with Gasteiger partial charge in [-0.2, -0.15) is 4.09 Å². The first-order valence-corrected chi connectivity index (χ1v) is 2.64. The van der Waals surface area contributed by atoms with Crippen molar-refractivity contribution in [2.45, 2.75) is 0 Å². The molecule has 0 saturated heterocycles. The summed E-state index contributed by atoms with van der Waals surface area (Å²) < 4.78 is 12.3. The average Bonchev–Trinajstić information content (AvgIpc) is 1.93. The number of nitrogens with zero attached hydrogens (tertiary/aromatic N) is 2. The summed E-state index contributed by atoms with van der Waals surface area (Å²) in [5, 5.41) is 0. The highest BCUT2D eigenvalue weighted by Gasteiger charge is 1.99. The molecule has 0 bridgehead atoms. The molecule has 0 aliphatic carbocycles. The van der Waals surface area contributed by atoms with Gasteiger partial charge in [0.1, 0.15) is 0 Å². The van der Waals surface area contributed by atoms with Crippen LogP contribution in [0.5, 0.6) is 0 Å². The third-order valence-corrected chi connectivity index (χ3v) is 1.20. The normalized spacial score (nSPS) is 9.80. The molecule has 0 atom stereocenters. The summed E-state index contributed by atoms with van der Waals surface area (Å²) in [5.41, 5.74) is -1.95. The Balaban J connectivity index is 3.66. The second kappa shape index (κ2) is 2.26. The fraction of sp³-hybridized carbons (Fsp3) is 0. The van der Waals surface area contributed by atoms with Gasteiger partial charge in [-0.1, -0.05) is 4.48 Å². The second-order valence-corrected chi connectivity index (χ2v) is 1.87. The molecule has 0 saturated carbocycles. The van der Waals surface area contributed by atoms with E-state index in [2.05, 4.69) is 0 Å². The Labute approximate surface area is 59.1 Å². The summed E-state index contributed by atoms with van der Waals surface area (Å²) in [6.45, 7) is 0. The summed E-state index contributed by atoms with van der Waals surface area (Å²) >= 11 is 5.01. The lowest BCUT2D eigenvalue weighted by molar-refractivity contribution is 0.340. The van der Waals surface area contributed by atoms with Crippen LogP contribution in [0.1, 0.15) is 0 Å². The molecule has 0 unspecified atom stereocenters. The van der Waals surface area contributed by atoms with Crippen LogP contribution in [-0.4, -0.2) is 8.88 Å². The van der Waals surface area contributed by atoms with Crippen LogP contribution in [0.3, 0.4) is 0 Å². The number of halogens is 2. The van der Waals surface area contributed by atoms with E-state index in [9.17, 15) is 14.1 Å². The Kier molecular flexibility index (Phi) is 1.58. The zero-order valence-corrected chi connectivity index (χ0v) is 5.38. The highest BCUT2D eigenvalue weighted by Crippen LogP contribution is 1.76. The molecule has 1 aromatic heterocycles. The summed E-state index contributed by atoms with van der Waals surface area (Å²) in [6.07, 6.45) is 0.698. The fourth-order valence-electron chi connectivity index (χ4n) is 0.437. The van der Waals surface area contributed by atoms with Crippen molar-refractivity contribution in [3.8, 4) is 0 Å². The summed E-state index contributed by atoms with van der Waals surface area (Å²) in [6, 6.07) is 0.842. The summed E-state index contributed by atoms with van der Waals surface area (Å²) in [5.74, 6) is 0. The Morgan fingerprint density at radius 3 is 2.60 bits per heavy atom. The molecule has 54 valence electrons. The standard InChI is InChI=1S/C4H2ClFN2O2/c5-8-3(9)1-2-7(6)4(8)10/h1-2H. The number of aromatic nitrogens is 2. The molecule has 0 aliphatic heterocycles. The minimum absolute atomic E-state index is 0.153. The van der Waals surface area contributed by atoms with Crippen molar-refractivity contribution in [3.05, 3.63) is 33.1 Å². The molecular formula is C4H2ClFN2O2. The fourth-order valence-corrected chi connectivity index (χ4v) is 0.565. The van der Waals surface area contributed by atoms with Crippen LogP contribution >= 0.6 is 11.8 Å². The van der Waals surface area contributed by atoms with Crippen molar-refractivity contribution in [2.24, 2.45) is 0 Å². The van der Waals surface area contributed by atoms with E-state index >= 15 is 0 Å². The van der Waals surface area contributed by atoms with Gasteiger partial charge in [0.15, 0.2) is 0 Å². The topological polar surface area (TPSA) is 44.0 Å². The highest BCUT2D eigenvalue weighted by molar-refractivity contribution is 6.15. The first-order valence-electron chi connectivity index (χ1n) is 2.30. The molecule has 0 N–H and O–H groups in total. The molecule has 10 heavy (non-hydrogen) atoms. The lowest BCUT2D eigenvalue weighted by Gasteiger charge is -1.90. The number of hydrogen-bond donors (Lipinski definition) is 0. The van der Waals surface area contributed by atoms with Crippen LogP contribution in [0.4, 0.5) is 4.48 Å². The van der Waals surface area contributed by atoms with Crippen molar-refractivity contribution in [3.63, 3.8) is 0 Å². The number of hydrogen-bond acceptors (Lipinski definition) is 2. The van der Waals surface area contributed by atoms with Crippen molar-refractivity contribution in [2.75, 3.05) is 0 Å². The molecule has 6 heteroatoms. The van der Waals surface area contributed by atoms with Gasteiger partial charge in [-0.25, -0.2) is 4.79 Å². The van der Waals surface area contributed by atoms with Gasteiger partial charge in [-0.3, -0.25) is 4.79 Å². The van der Waals surface area contributed by atoms with Crippen LogP contribution in [0, 0.1) is 0 Å². The third-order valence-electron chi connectivity index (χ3n) is 0.892. The summed E-state index contributed by atoms with van der Waals surface area (Å²) in [7, 11) is 0. The van der Waals surface area contributed by atoms with Crippen molar-refractivity contribution in [1.29, 1.82) is 0 Å². The van der Waals surface area contributed by atoms with E-state index in [4.69, 9.17) is 11.8 Å². The van der Waals surface area contributed by atoms with Crippen LogP contribution in [-0.2, 0) is 0 Å². The molecule has 0 aliphatic rings. The Morgan fingerprint density at radius 1 is 1.50 bits per heavy atom. The summed E-state index contributed by atoms with van der Waals surface area (Å²) in [4.78, 5) is 20.6. The van der Waals surface area contributed by atoms with E-state index < -0.39 is 11.2 Å². The quantitative estimate of drug-likeness (QED) is 0.531. The lowest BCUT2D eigenvalue weighted by Crippen LogP contribution is -2.31. The van der Waals surface area contributed by atoms with Crippen molar-refractivity contribution in [1.82, 2.24) is 8.88 Å². The minimum atomic E-state index is -1.20. The van der Waals surface area contributed by atoms with Gasteiger partial charge in [0, 0.05) is 24.0 Å². The lowest BCUT2D eigenvalue weighted by atomic mass is 10.7. The van der Waals surface area contributed by atoms with E-state index in [-0.39, 0.29) is 8.88 Å². The Hall–Kier alpha value is -1.10. The van der Waals surface area contributed by atoms with Gasteiger partial charge in [0.2, 0.25) is 0 Å². The predicted molar refractivity (Wildman–Crippen MR) is 32.7 cm³/mol. The molecule has 0 spiro atoms. The molecule has 0 amide bonds. The predicted octanol–water partition coefficient (Wildman–Crippen LogP) is -0.256. The van der Waals surface area contributed by atoms with Gasteiger partial charge >= 0.3 is 5.69 Å². The number of rotatable bonds is 0. The minimum Gasteiger partial charge on any atom is -0.268 e. The van der Waals surface area contributed by atoms with Crippen molar-refractivity contribution >= 4 is 11.8 Å². The van der Waals surface area contributed by atoms with Crippen LogP contribution in [0.2, 0.25) is 0 Å². The van der Waals surface area contributed by atoms with E-state index in [0.29, 0.717) is 6.20 Å². The molecule has 4 nitrogen and oxygen atoms in total. The monoisotopic (exact) mass is 164 g/mol. The Bertz CT molecular complexity index is 355. The SMILES string of the molecule is O=c1ccn(F)c(=O)n1Cl. The van der Waals surface area contributed by atoms with Crippen LogP contribution in [0.15, 0.2) is 21.9 Å². The largest absolute Gasteiger partial charge is 0.374 e. The maximum absolute atomic E-state index is 12.1. The van der Waals surface area contributed by atoms with Gasteiger partial charge in [-0.15, -0.1) is 4.79 Å². The third kappa shape index (κ3) is 0.950. The van der Waals surface area contributed by atoms with E-state index in [0.717, 1.165) is 6.07 Å². The van der Waals surface area contributed by atoms with Crippen molar-refractivity contribution < 1.29 is 4.48 Å². The zero-order chi connectivity index (χ0) is 7.72. The molecule has 1 rings (SSSR count). The van der Waals surface area contributed by atoms with Gasteiger partial charge in [0.05, 0.1) is 0 Å². The Morgan fingerprint density at radius 2 is 2.10 bits per heavy atom. The molecule has 1 heterocycles. The average molecular weight is 165 g/mol. The van der Waals surface area contributed by atoms with Crippen LogP contribution < -0.4 is 11.2 Å². The van der Waals surface area contributed by atoms with Gasteiger partial charge in [-0.05, 0) is 0 Å².